The lowest BCUT2D eigenvalue weighted by Crippen LogP contribution is -2.32. The zero-order valence-electron chi connectivity index (χ0n) is 11.4. The van der Waals surface area contributed by atoms with Crippen LogP contribution in [0.1, 0.15) is 25.8 Å². The van der Waals surface area contributed by atoms with Gasteiger partial charge in [0.25, 0.3) is 0 Å². The molecule has 0 aliphatic rings. The van der Waals surface area contributed by atoms with E-state index in [1.165, 1.54) is 0 Å². The number of carboxylic acids is 1. The van der Waals surface area contributed by atoms with Crippen LogP contribution >= 0.6 is 23.2 Å². The first-order chi connectivity index (χ1) is 9.22. The lowest BCUT2D eigenvalue weighted by Gasteiger charge is -2.18. The average molecular weight is 318 g/mol. The van der Waals surface area contributed by atoms with Gasteiger partial charge < -0.3 is 10.4 Å². The van der Waals surface area contributed by atoms with E-state index >= 15 is 0 Å². The first-order valence-electron chi connectivity index (χ1n) is 6.16. The number of aliphatic carboxylic acids is 1. The molecular formula is C14H17Cl2NO3. The summed E-state index contributed by atoms with van der Waals surface area (Å²) in [6, 6.07) is 5.01. The number of amides is 1. The summed E-state index contributed by atoms with van der Waals surface area (Å²) in [5, 5.41) is 12.5. The number of hydrogen-bond donors (Lipinski definition) is 2. The molecule has 0 spiro atoms. The number of halogens is 2. The Morgan fingerprint density at radius 3 is 2.45 bits per heavy atom. The van der Waals surface area contributed by atoms with Gasteiger partial charge in [-0.3, -0.25) is 9.59 Å². The van der Waals surface area contributed by atoms with Crippen molar-refractivity contribution in [3.05, 3.63) is 33.8 Å². The van der Waals surface area contributed by atoms with Crippen molar-refractivity contribution < 1.29 is 14.7 Å². The molecule has 20 heavy (non-hydrogen) atoms. The maximum atomic E-state index is 11.7. The monoisotopic (exact) mass is 317 g/mol. The van der Waals surface area contributed by atoms with Gasteiger partial charge in [0.15, 0.2) is 0 Å². The molecule has 4 nitrogen and oxygen atoms in total. The van der Waals surface area contributed by atoms with E-state index < -0.39 is 11.4 Å². The van der Waals surface area contributed by atoms with Crippen molar-refractivity contribution in [3.63, 3.8) is 0 Å². The number of nitrogens with one attached hydrogen (secondary N) is 1. The van der Waals surface area contributed by atoms with Crippen molar-refractivity contribution in [3.8, 4) is 0 Å². The molecule has 2 N–H and O–H groups in total. The predicted octanol–water partition coefficient (Wildman–Crippen LogP) is 3.15. The third kappa shape index (κ3) is 5.02. The maximum absolute atomic E-state index is 11.7. The van der Waals surface area contributed by atoms with Gasteiger partial charge in [0.2, 0.25) is 5.91 Å². The highest BCUT2D eigenvalue weighted by molar-refractivity contribution is 6.42. The standard InChI is InChI=1S/C14H17Cl2NO3/c1-14(2,13(19)20)5-6-17-12(18)8-9-3-4-10(15)11(16)7-9/h3-4,7H,5-6,8H2,1-2H3,(H,17,18)(H,19,20). The zero-order chi connectivity index (χ0) is 15.3. The van der Waals surface area contributed by atoms with E-state index in [0.29, 0.717) is 23.0 Å². The molecule has 0 unspecified atom stereocenters. The quantitative estimate of drug-likeness (QED) is 0.847. The maximum Gasteiger partial charge on any atom is 0.309 e. The first kappa shape index (κ1) is 16.8. The second kappa shape index (κ2) is 6.95. The SMILES string of the molecule is CC(C)(CCNC(=O)Cc1ccc(Cl)c(Cl)c1)C(=O)O. The van der Waals surface area contributed by atoms with Crippen molar-refractivity contribution in [1.29, 1.82) is 0 Å². The van der Waals surface area contributed by atoms with Gasteiger partial charge >= 0.3 is 5.97 Å². The summed E-state index contributed by atoms with van der Waals surface area (Å²) in [6.45, 7) is 3.57. The minimum Gasteiger partial charge on any atom is -0.481 e. The van der Waals surface area contributed by atoms with Crippen molar-refractivity contribution in [2.75, 3.05) is 6.54 Å². The minimum atomic E-state index is -0.878. The van der Waals surface area contributed by atoms with Crippen LogP contribution in [0.2, 0.25) is 10.0 Å². The van der Waals surface area contributed by atoms with E-state index in [4.69, 9.17) is 28.3 Å². The fraction of sp³-hybridized carbons (Fsp3) is 0.429. The molecule has 1 aromatic rings. The van der Waals surface area contributed by atoms with Crippen molar-refractivity contribution in [2.45, 2.75) is 26.7 Å². The fourth-order valence-electron chi connectivity index (χ4n) is 1.52. The van der Waals surface area contributed by atoms with Crippen molar-refractivity contribution in [1.82, 2.24) is 5.32 Å². The Labute approximate surface area is 128 Å². The van der Waals surface area contributed by atoms with E-state index in [0.717, 1.165) is 5.56 Å². The molecule has 0 fully saturated rings. The topological polar surface area (TPSA) is 66.4 Å². The third-order valence-electron chi connectivity index (χ3n) is 3.00. The summed E-state index contributed by atoms with van der Waals surface area (Å²) < 4.78 is 0. The number of carbonyl (C=O) groups is 2. The van der Waals surface area contributed by atoms with Crippen molar-refractivity contribution >= 4 is 35.1 Å². The van der Waals surface area contributed by atoms with E-state index in [-0.39, 0.29) is 12.3 Å². The molecule has 0 saturated heterocycles. The van der Waals surface area contributed by atoms with E-state index in [2.05, 4.69) is 5.32 Å². The molecule has 0 heterocycles. The third-order valence-corrected chi connectivity index (χ3v) is 3.74. The smallest absolute Gasteiger partial charge is 0.309 e. The highest BCUT2D eigenvalue weighted by Gasteiger charge is 2.26. The molecule has 0 saturated carbocycles. The van der Waals surface area contributed by atoms with Crippen LogP contribution in [0.15, 0.2) is 18.2 Å². The Kier molecular flexibility index (Phi) is 5.84. The van der Waals surface area contributed by atoms with Crippen LogP contribution in [0, 0.1) is 5.41 Å². The van der Waals surface area contributed by atoms with E-state index in [1.807, 2.05) is 0 Å². The second-order valence-electron chi connectivity index (χ2n) is 5.21. The fourth-order valence-corrected chi connectivity index (χ4v) is 1.84. The van der Waals surface area contributed by atoms with Crippen LogP contribution in [0.5, 0.6) is 0 Å². The van der Waals surface area contributed by atoms with Gasteiger partial charge in [0.1, 0.15) is 0 Å². The zero-order valence-corrected chi connectivity index (χ0v) is 12.9. The summed E-state index contributed by atoms with van der Waals surface area (Å²) in [4.78, 5) is 22.6. The molecule has 0 bridgehead atoms. The normalized spacial score (nSPS) is 11.2. The minimum absolute atomic E-state index is 0.176. The molecule has 1 rings (SSSR count). The highest BCUT2D eigenvalue weighted by Crippen LogP contribution is 2.23. The highest BCUT2D eigenvalue weighted by atomic mass is 35.5. The average Bonchev–Trinajstić information content (AvgIpc) is 2.33. The molecule has 1 aromatic carbocycles. The summed E-state index contributed by atoms with van der Waals surface area (Å²) in [5.41, 5.74) is -0.0916. The first-order valence-corrected chi connectivity index (χ1v) is 6.92. The lowest BCUT2D eigenvalue weighted by molar-refractivity contribution is -0.147. The molecule has 0 aliphatic carbocycles. The summed E-state index contributed by atoms with van der Waals surface area (Å²) >= 11 is 11.7. The number of carbonyl (C=O) groups excluding carboxylic acids is 1. The second-order valence-corrected chi connectivity index (χ2v) is 6.03. The van der Waals surface area contributed by atoms with Gasteiger partial charge in [0, 0.05) is 6.54 Å². The number of rotatable bonds is 6. The number of carboxylic acid groups (broad SMARTS) is 1. The lowest BCUT2D eigenvalue weighted by atomic mass is 9.90. The van der Waals surface area contributed by atoms with Gasteiger partial charge in [-0.1, -0.05) is 29.3 Å². The molecule has 110 valence electrons. The van der Waals surface area contributed by atoms with E-state index in [9.17, 15) is 9.59 Å². The molecule has 1 amide bonds. The Balaban J connectivity index is 2.44. The molecule has 0 aromatic heterocycles. The summed E-state index contributed by atoms with van der Waals surface area (Å²) in [6.07, 6.45) is 0.555. The molecule has 6 heteroatoms. The van der Waals surface area contributed by atoms with Gasteiger partial charge in [-0.15, -0.1) is 0 Å². The van der Waals surface area contributed by atoms with E-state index in [1.54, 1.807) is 32.0 Å². The number of benzene rings is 1. The molecule has 0 radical (unpaired) electrons. The Morgan fingerprint density at radius 2 is 1.90 bits per heavy atom. The number of hydrogen-bond acceptors (Lipinski definition) is 2. The van der Waals surface area contributed by atoms with Gasteiger partial charge in [-0.25, -0.2) is 0 Å². The van der Waals surface area contributed by atoms with Gasteiger partial charge in [-0.2, -0.15) is 0 Å². The van der Waals surface area contributed by atoms with Crippen LogP contribution in [-0.2, 0) is 16.0 Å². The van der Waals surface area contributed by atoms with Crippen molar-refractivity contribution in [2.24, 2.45) is 5.41 Å². The molecule has 0 atom stereocenters. The van der Waals surface area contributed by atoms with Crippen LogP contribution < -0.4 is 5.32 Å². The van der Waals surface area contributed by atoms with Gasteiger partial charge in [0.05, 0.1) is 21.9 Å². The van der Waals surface area contributed by atoms with Gasteiger partial charge in [-0.05, 0) is 38.0 Å². The largest absolute Gasteiger partial charge is 0.481 e. The van der Waals surface area contributed by atoms with Crippen LogP contribution in [0.25, 0.3) is 0 Å². The van der Waals surface area contributed by atoms with Crippen LogP contribution in [-0.4, -0.2) is 23.5 Å². The van der Waals surface area contributed by atoms with Crippen LogP contribution in [0.3, 0.4) is 0 Å². The van der Waals surface area contributed by atoms with Crippen LogP contribution in [0.4, 0.5) is 0 Å². The molecule has 0 aliphatic heterocycles. The Hall–Kier alpha value is -1.26. The Morgan fingerprint density at radius 1 is 1.25 bits per heavy atom. The Bertz CT molecular complexity index is 515. The molecular weight excluding hydrogens is 301 g/mol. The summed E-state index contributed by atoms with van der Waals surface area (Å²) in [7, 11) is 0. The summed E-state index contributed by atoms with van der Waals surface area (Å²) in [5.74, 6) is -1.05. The predicted molar refractivity (Wildman–Crippen MR) is 79.2 cm³/mol.